The maximum Gasteiger partial charge on any atom is 0.338 e. The summed E-state index contributed by atoms with van der Waals surface area (Å²) in [6, 6.07) is 3.90. The van der Waals surface area contributed by atoms with Crippen molar-refractivity contribution in [3.05, 3.63) is 46.5 Å². The van der Waals surface area contributed by atoms with Crippen molar-refractivity contribution in [3.8, 4) is 0 Å². The summed E-state index contributed by atoms with van der Waals surface area (Å²) in [7, 11) is 0. The molecule has 0 atom stereocenters. The van der Waals surface area contributed by atoms with E-state index in [4.69, 9.17) is 0 Å². The van der Waals surface area contributed by atoms with Gasteiger partial charge in [-0.05, 0) is 19.9 Å². The van der Waals surface area contributed by atoms with Gasteiger partial charge in [-0.25, -0.2) is 4.79 Å². The molecule has 0 aliphatic rings. The minimum atomic E-state index is -1.19. The fourth-order valence-corrected chi connectivity index (χ4v) is 1.79. The number of benzene rings is 1. The quantitative estimate of drug-likeness (QED) is 0.485. The summed E-state index contributed by atoms with van der Waals surface area (Å²) in [6.45, 7) is 7.93. The Morgan fingerprint density at radius 1 is 1.58 bits per heavy atom. The van der Waals surface area contributed by atoms with Gasteiger partial charge in [0.05, 0.1) is 16.2 Å². The average Bonchev–Trinajstić information content (AvgIpc) is 2.34. The topological polar surface area (TPSA) is 83.7 Å². The van der Waals surface area contributed by atoms with E-state index in [-0.39, 0.29) is 17.3 Å². The minimum Gasteiger partial charge on any atom is -0.478 e. The number of carbonyl (C=O) groups is 1. The summed E-state index contributed by atoms with van der Waals surface area (Å²) in [5.41, 5.74) is 0.140. The highest BCUT2D eigenvalue weighted by molar-refractivity contribution is 5.95. The van der Waals surface area contributed by atoms with Crippen molar-refractivity contribution in [2.45, 2.75) is 19.9 Å². The Kier molecular flexibility index (Phi) is 4.63. The molecule has 1 N–H and O–H groups in total. The number of hydrogen-bond donors (Lipinski definition) is 1. The van der Waals surface area contributed by atoms with Crippen LogP contribution in [0.2, 0.25) is 0 Å². The van der Waals surface area contributed by atoms with E-state index >= 15 is 0 Å². The summed E-state index contributed by atoms with van der Waals surface area (Å²) >= 11 is 0. The van der Waals surface area contributed by atoms with Crippen LogP contribution in [0.25, 0.3) is 0 Å². The summed E-state index contributed by atoms with van der Waals surface area (Å²) < 4.78 is 0. The highest BCUT2D eigenvalue weighted by Crippen LogP contribution is 2.27. The van der Waals surface area contributed by atoms with E-state index in [2.05, 4.69) is 6.58 Å². The predicted octanol–water partition coefficient (Wildman–Crippen LogP) is 2.69. The molecule has 0 unspecified atom stereocenters. The second kappa shape index (κ2) is 5.99. The number of nitrogens with zero attached hydrogens (tertiary/aromatic N) is 2. The molecule has 0 radical (unpaired) electrons. The molecule has 0 aliphatic heterocycles. The molecule has 102 valence electrons. The molecule has 1 aromatic rings. The third kappa shape index (κ3) is 3.31. The third-order valence-corrected chi connectivity index (χ3v) is 2.68. The number of aromatic carboxylic acids is 1. The van der Waals surface area contributed by atoms with Gasteiger partial charge in [-0.1, -0.05) is 6.08 Å². The van der Waals surface area contributed by atoms with Gasteiger partial charge in [-0.15, -0.1) is 6.58 Å². The van der Waals surface area contributed by atoms with E-state index in [1.165, 1.54) is 12.1 Å². The Bertz CT molecular complexity index is 511. The van der Waals surface area contributed by atoms with Crippen molar-refractivity contribution in [3.63, 3.8) is 0 Å². The molecule has 0 spiro atoms. The molecule has 1 rings (SSSR count). The molecule has 6 heteroatoms. The molecule has 0 fully saturated rings. The largest absolute Gasteiger partial charge is 0.478 e. The molecule has 0 aromatic heterocycles. The van der Waals surface area contributed by atoms with E-state index < -0.39 is 10.9 Å². The molecule has 0 bridgehead atoms. The number of carboxylic acids is 1. The minimum absolute atomic E-state index is 0.0533. The summed E-state index contributed by atoms with van der Waals surface area (Å²) in [5.74, 6) is -1.19. The van der Waals surface area contributed by atoms with E-state index in [0.717, 1.165) is 6.07 Å². The zero-order chi connectivity index (χ0) is 14.6. The average molecular weight is 264 g/mol. The van der Waals surface area contributed by atoms with E-state index in [0.29, 0.717) is 12.2 Å². The van der Waals surface area contributed by atoms with Crippen LogP contribution in [0, 0.1) is 10.1 Å². The van der Waals surface area contributed by atoms with Gasteiger partial charge in [0.25, 0.3) is 5.69 Å². The number of non-ortho nitro benzene ring substituents is 1. The Labute approximate surface area is 111 Å². The van der Waals surface area contributed by atoms with Crippen molar-refractivity contribution in [1.82, 2.24) is 0 Å². The highest BCUT2D eigenvalue weighted by Gasteiger charge is 2.20. The first-order chi connectivity index (χ1) is 8.88. The lowest BCUT2D eigenvalue weighted by Gasteiger charge is -2.28. The zero-order valence-corrected chi connectivity index (χ0v) is 10.9. The number of hydrogen-bond acceptors (Lipinski definition) is 4. The SMILES string of the molecule is C=CCN(c1ccc([N+](=O)[O-])cc1C(=O)O)C(C)C. The Morgan fingerprint density at radius 2 is 2.21 bits per heavy atom. The first-order valence-electron chi connectivity index (χ1n) is 5.77. The smallest absolute Gasteiger partial charge is 0.338 e. The maximum absolute atomic E-state index is 11.3. The molecule has 0 aliphatic carbocycles. The normalized spacial score (nSPS) is 10.3. The standard InChI is InChI=1S/C13H16N2O4/c1-4-7-14(9(2)3)12-6-5-10(15(18)19)8-11(12)13(16)17/h4-6,8-9H,1,7H2,2-3H3,(H,16,17). The maximum atomic E-state index is 11.3. The van der Waals surface area contributed by atoms with Crippen LogP contribution in [-0.2, 0) is 0 Å². The molecule has 0 amide bonds. The number of anilines is 1. The van der Waals surface area contributed by atoms with E-state index in [9.17, 15) is 20.0 Å². The van der Waals surface area contributed by atoms with Crippen LogP contribution in [0.15, 0.2) is 30.9 Å². The van der Waals surface area contributed by atoms with Gasteiger partial charge in [0.1, 0.15) is 0 Å². The first kappa shape index (κ1) is 14.7. The number of rotatable bonds is 6. The van der Waals surface area contributed by atoms with Crippen LogP contribution in [-0.4, -0.2) is 28.6 Å². The second-order valence-corrected chi connectivity index (χ2v) is 4.30. The van der Waals surface area contributed by atoms with Gasteiger partial charge in [-0.2, -0.15) is 0 Å². The number of carboxylic acid groups (broad SMARTS) is 1. The second-order valence-electron chi connectivity index (χ2n) is 4.30. The van der Waals surface area contributed by atoms with Crippen LogP contribution in [0.5, 0.6) is 0 Å². The van der Waals surface area contributed by atoms with Crippen LogP contribution < -0.4 is 4.90 Å². The summed E-state index contributed by atoms with van der Waals surface area (Å²) in [6.07, 6.45) is 1.66. The Morgan fingerprint density at radius 3 is 2.63 bits per heavy atom. The van der Waals surface area contributed by atoms with Crippen LogP contribution in [0.1, 0.15) is 24.2 Å². The zero-order valence-electron chi connectivity index (χ0n) is 10.9. The van der Waals surface area contributed by atoms with Crippen LogP contribution in [0.4, 0.5) is 11.4 Å². The molecule has 1 aromatic carbocycles. The molecule has 0 saturated carbocycles. The van der Waals surface area contributed by atoms with Gasteiger partial charge < -0.3 is 10.0 Å². The van der Waals surface area contributed by atoms with Gasteiger partial charge in [0, 0.05) is 24.7 Å². The van der Waals surface area contributed by atoms with Crippen molar-refractivity contribution < 1.29 is 14.8 Å². The molecule has 6 nitrogen and oxygen atoms in total. The van der Waals surface area contributed by atoms with Crippen molar-refractivity contribution in [2.24, 2.45) is 0 Å². The fourth-order valence-electron chi connectivity index (χ4n) is 1.79. The first-order valence-corrected chi connectivity index (χ1v) is 5.77. The predicted molar refractivity (Wildman–Crippen MR) is 72.7 cm³/mol. The number of nitro groups is 1. The van der Waals surface area contributed by atoms with Gasteiger partial charge in [0.15, 0.2) is 0 Å². The number of nitro benzene ring substituents is 1. The molecular weight excluding hydrogens is 248 g/mol. The van der Waals surface area contributed by atoms with Gasteiger partial charge in [0.2, 0.25) is 0 Å². The monoisotopic (exact) mass is 264 g/mol. The lowest BCUT2D eigenvalue weighted by molar-refractivity contribution is -0.384. The van der Waals surface area contributed by atoms with Crippen LogP contribution in [0.3, 0.4) is 0 Å². The molecular formula is C13H16N2O4. The van der Waals surface area contributed by atoms with E-state index in [1.807, 2.05) is 18.7 Å². The van der Waals surface area contributed by atoms with Crippen molar-refractivity contribution in [2.75, 3.05) is 11.4 Å². The summed E-state index contributed by atoms with van der Waals surface area (Å²) in [4.78, 5) is 23.2. The van der Waals surface area contributed by atoms with Crippen molar-refractivity contribution in [1.29, 1.82) is 0 Å². The molecule has 0 saturated heterocycles. The molecule has 0 heterocycles. The summed E-state index contributed by atoms with van der Waals surface area (Å²) in [5, 5.41) is 19.9. The van der Waals surface area contributed by atoms with E-state index in [1.54, 1.807) is 6.08 Å². The highest BCUT2D eigenvalue weighted by atomic mass is 16.6. The third-order valence-electron chi connectivity index (χ3n) is 2.68. The Balaban J connectivity index is 3.36. The van der Waals surface area contributed by atoms with Gasteiger partial charge >= 0.3 is 5.97 Å². The Hall–Kier alpha value is -2.37. The molecule has 19 heavy (non-hydrogen) atoms. The lowest BCUT2D eigenvalue weighted by atomic mass is 10.1. The fraction of sp³-hybridized carbons (Fsp3) is 0.308. The lowest BCUT2D eigenvalue weighted by Crippen LogP contribution is -2.32. The van der Waals surface area contributed by atoms with Gasteiger partial charge in [-0.3, -0.25) is 10.1 Å². The van der Waals surface area contributed by atoms with Crippen LogP contribution >= 0.6 is 0 Å². The van der Waals surface area contributed by atoms with Crippen molar-refractivity contribution >= 4 is 17.3 Å².